The van der Waals surface area contributed by atoms with Crippen molar-refractivity contribution in [2.24, 2.45) is 5.92 Å². The van der Waals surface area contributed by atoms with Crippen LogP contribution < -0.4 is 0 Å². The fourth-order valence-corrected chi connectivity index (χ4v) is 7.87. The predicted octanol–water partition coefficient (Wildman–Crippen LogP) is 3.88. The third-order valence-electron chi connectivity index (χ3n) is 2.63. The van der Waals surface area contributed by atoms with E-state index in [2.05, 4.69) is 25.5 Å². The van der Waals surface area contributed by atoms with Gasteiger partial charge in [0.05, 0.1) is 0 Å². The number of rotatable bonds is 0. The van der Waals surface area contributed by atoms with E-state index in [9.17, 15) is 0 Å². The van der Waals surface area contributed by atoms with Crippen molar-refractivity contribution in [3.05, 3.63) is 0 Å². The second kappa shape index (κ2) is 2.57. The van der Waals surface area contributed by atoms with Crippen LogP contribution in [-0.2, 0) is 0 Å². The summed E-state index contributed by atoms with van der Waals surface area (Å²) in [5.74, 6) is 0.989. The molecule has 0 aromatic heterocycles. The average molecular weight is 192 g/mol. The summed E-state index contributed by atoms with van der Waals surface area (Å²) in [7, 11) is 6.83. The summed E-state index contributed by atoms with van der Waals surface area (Å²) in [6.07, 6.45) is 5.81. The van der Waals surface area contributed by atoms with Gasteiger partial charge in [0.2, 0.25) is 0 Å². The first-order valence-corrected chi connectivity index (χ1v) is 7.83. The third kappa shape index (κ3) is 1.23. The van der Waals surface area contributed by atoms with Crippen LogP contribution in [0.25, 0.3) is 0 Å². The molecule has 1 saturated carbocycles. The molecule has 0 amide bonds. The number of hydrogen-bond acceptors (Lipinski definition) is 1. The standard InChI is InChI=1S/C7H13PS2/c1-6-2-4-7(5-3-6)9-10(7)8/h6,10H,2-5H2,1H3. The minimum absolute atomic E-state index is 0.119. The topological polar surface area (TPSA) is 0 Å². The Balaban J connectivity index is 2.01. The second-order valence-electron chi connectivity index (χ2n) is 3.49. The molecular weight excluding hydrogens is 179 g/mol. The second-order valence-corrected chi connectivity index (χ2v) is 9.82. The first-order valence-electron chi connectivity index (χ1n) is 3.91. The Morgan fingerprint density at radius 1 is 1.50 bits per heavy atom. The summed E-state index contributed by atoms with van der Waals surface area (Å²) in [4.78, 5) is 0. The monoisotopic (exact) mass is 192 g/mol. The quantitative estimate of drug-likeness (QED) is 0.263. The molecule has 10 heavy (non-hydrogen) atoms. The van der Waals surface area contributed by atoms with Crippen molar-refractivity contribution in [3.8, 4) is 0 Å². The van der Waals surface area contributed by atoms with Gasteiger partial charge in [-0.2, -0.15) is 0 Å². The molecule has 0 N–H and O–H groups in total. The Labute approximate surface area is 70.3 Å². The van der Waals surface area contributed by atoms with Crippen molar-refractivity contribution in [1.29, 1.82) is 0 Å². The summed E-state index contributed by atoms with van der Waals surface area (Å²) in [5, 5.41) is 0. The third-order valence-corrected chi connectivity index (χ3v) is 9.53. The van der Waals surface area contributed by atoms with Crippen LogP contribution in [0.2, 0.25) is 0 Å². The Hall–Kier alpha value is 1.13. The van der Waals surface area contributed by atoms with Gasteiger partial charge in [-0.1, -0.05) is 0 Å². The van der Waals surface area contributed by atoms with Crippen LogP contribution in [0.15, 0.2) is 0 Å². The SMILES string of the molecule is CC1CCC2(CC1)S[SH]2#P. The molecule has 0 radical (unpaired) electrons. The fourth-order valence-electron chi connectivity index (χ4n) is 1.64. The Bertz CT molecular complexity index is 207. The summed E-state index contributed by atoms with van der Waals surface area (Å²) in [6, 6.07) is 0. The van der Waals surface area contributed by atoms with Crippen molar-refractivity contribution < 1.29 is 0 Å². The van der Waals surface area contributed by atoms with Gasteiger partial charge in [-0.15, -0.1) is 0 Å². The Morgan fingerprint density at radius 3 is 2.40 bits per heavy atom. The van der Waals surface area contributed by atoms with Crippen molar-refractivity contribution in [2.45, 2.75) is 36.7 Å². The van der Waals surface area contributed by atoms with E-state index in [-0.39, 0.29) is 8.90 Å². The van der Waals surface area contributed by atoms with Crippen LogP contribution in [0.1, 0.15) is 32.6 Å². The first kappa shape index (κ1) is 7.76. The van der Waals surface area contributed by atoms with Gasteiger partial charge in [-0.05, 0) is 0 Å². The van der Waals surface area contributed by atoms with Crippen LogP contribution in [0.4, 0.5) is 0 Å². The van der Waals surface area contributed by atoms with E-state index in [0.29, 0.717) is 4.08 Å². The van der Waals surface area contributed by atoms with Crippen molar-refractivity contribution in [2.75, 3.05) is 0 Å². The van der Waals surface area contributed by atoms with Gasteiger partial charge < -0.3 is 0 Å². The van der Waals surface area contributed by atoms with Gasteiger partial charge in [0.1, 0.15) is 0 Å². The number of thiol groups is 1. The van der Waals surface area contributed by atoms with Crippen LogP contribution in [0.5, 0.6) is 0 Å². The number of hydrogen-bond donors (Lipinski definition) is 1. The van der Waals surface area contributed by atoms with E-state index in [1.165, 1.54) is 25.7 Å². The zero-order chi connectivity index (χ0) is 7.19. The molecule has 1 heterocycles. The van der Waals surface area contributed by atoms with E-state index in [1.807, 2.05) is 0 Å². The molecular formula is C7H13PS2. The normalized spacial score (nSPS) is 53.2. The Morgan fingerprint density at radius 2 is 2.00 bits per heavy atom. The van der Waals surface area contributed by atoms with Gasteiger partial charge in [-0.25, -0.2) is 0 Å². The molecule has 0 aromatic rings. The molecule has 0 nitrogen and oxygen atoms in total. The summed E-state index contributed by atoms with van der Waals surface area (Å²) in [6.45, 7) is 2.38. The molecule has 2 rings (SSSR count). The molecule has 1 unspecified atom stereocenters. The molecule has 3 heteroatoms. The molecule has 0 aromatic carbocycles. The molecule has 2 fully saturated rings. The van der Waals surface area contributed by atoms with Crippen LogP contribution in [0.3, 0.4) is 0 Å². The minimum atomic E-state index is 0.119. The molecule has 1 aliphatic carbocycles. The van der Waals surface area contributed by atoms with Gasteiger partial charge in [0.25, 0.3) is 0 Å². The van der Waals surface area contributed by atoms with Crippen molar-refractivity contribution in [1.82, 2.24) is 0 Å². The predicted molar refractivity (Wildman–Crippen MR) is 53.9 cm³/mol. The zero-order valence-electron chi connectivity index (χ0n) is 6.21. The van der Waals surface area contributed by atoms with Crippen molar-refractivity contribution in [3.63, 3.8) is 0 Å². The summed E-state index contributed by atoms with van der Waals surface area (Å²) >= 11 is 0. The maximum atomic E-state index is 4.56. The summed E-state index contributed by atoms with van der Waals surface area (Å²) in [5.41, 5.74) is 0. The maximum absolute atomic E-state index is 4.56. The van der Waals surface area contributed by atoms with Crippen molar-refractivity contribution >= 4 is 27.5 Å². The van der Waals surface area contributed by atoms with Gasteiger partial charge in [-0.3, -0.25) is 0 Å². The van der Waals surface area contributed by atoms with Gasteiger partial charge in [0, 0.05) is 0 Å². The first-order chi connectivity index (χ1) is 4.73. The van der Waals surface area contributed by atoms with E-state index >= 15 is 0 Å². The van der Waals surface area contributed by atoms with Gasteiger partial charge in [0.15, 0.2) is 0 Å². The van der Waals surface area contributed by atoms with E-state index < -0.39 is 0 Å². The van der Waals surface area contributed by atoms with Crippen LogP contribution in [0, 0.1) is 5.92 Å². The van der Waals surface area contributed by atoms with E-state index in [0.717, 1.165) is 5.92 Å². The molecule has 1 spiro atoms. The zero-order valence-corrected chi connectivity index (χ0v) is 8.81. The molecule has 1 aliphatic heterocycles. The average Bonchev–Trinajstić information content (AvgIpc) is 2.53. The van der Waals surface area contributed by atoms with Crippen LogP contribution in [-0.4, -0.2) is 4.08 Å². The van der Waals surface area contributed by atoms with Crippen LogP contribution >= 0.6 is 27.5 Å². The molecule has 1 saturated heterocycles. The molecule has 58 valence electrons. The Kier molecular flexibility index (Phi) is 1.99. The van der Waals surface area contributed by atoms with Gasteiger partial charge >= 0.3 is 70.1 Å². The summed E-state index contributed by atoms with van der Waals surface area (Å²) < 4.78 is 0.713. The van der Waals surface area contributed by atoms with E-state index in [1.54, 1.807) is 0 Å². The fraction of sp³-hybridized carbons (Fsp3) is 1.00. The van der Waals surface area contributed by atoms with E-state index in [4.69, 9.17) is 0 Å². The molecule has 2 aliphatic rings. The molecule has 1 atom stereocenters. The molecule has 0 bridgehead atoms.